The molecular formula is C22H25F3N6O2. The molecular weight excluding hydrogens is 437 g/mol. The van der Waals surface area contributed by atoms with E-state index in [1.807, 2.05) is 4.57 Å². The minimum Gasteiger partial charge on any atom is -0.449 e. The molecule has 1 aliphatic rings. The van der Waals surface area contributed by atoms with Crippen molar-refractivity contribution in [2.45, 2.75) is 51.4 Å². The Morgan fingerprint density at radius 3 is 2.73 bits per heavy atom. The molecule has 0 radical (unpaired) electrons. The molecule has 176 valence electrons. The second kappa shape index (κ2) is 9.24. The molecule has 3 N–H and O–H groups in total. The third-order valence-corrected chi connectivity index (χ3v) is 5.91. The first kappa shape index (κ1) is 22.8. The van der Waals surface area contributed by atoms with E-state index in [4.69, 9.17) is 10.5 Å². The fraction of sp³-hybridized carbons (Fsp3) is 0.455. The predicted molar refractivity (Wildman–Crippen MR) is 115 cm³/mol. The number of imidazole rings is 1. The van der Waals surface area contributed by atoms with Gasteiger partial charge in [-0.2, -0.15) is 13.2 Å². The Kier molecular flexibility index (Phi) is 6.39. The first-order valence-corrected chi connectivity index (χ1v) is 10.7. The first-order chi connectivity index (χ1) is 15.7. The van der Waals surface area contributed by atoms with Crippen molar-refractivity contribution in [1.82, 2.24) is 24.8 Å². The molecule has 2 heterocycles. The van der Waals surface area contributed by atoms with Gasteiger partial charge in [0.15, 0.2) is 11.5 Å². The smallest absolute Gasteiger partial charge is 0.416 e. The zero-order chi connectivity index (χ0) is 23.6. The van der Waals surface area contributed by atoms with E-state index in [9.17, 15) is 18.0 Å². The number of fused-ring (bicyclic) bond motifs is 1. The van der Waals surface area contributed by atoms with Crippen LogP contribution < -0.4 is 11.1 Å². The van der Waals surface area contributed by atoms with Gasteiger partial charge in [-0.15, -0.1) is 0 Å². The molecule has 1 saturated carbocycles. The van der Waals surface area contributed by atoms with E-state index in [1.54, 1.807) is 13.3 Å². The van der Waals surface area contributed by atoms with Gasteiger partial charge in [-0.1, -0.05) is 12.1 Å². The van der Waals surface area contributed by atoms with Crippen LogP contribution in [-0.2, 0) is 17.5 Å². The average molecular weight is 462 g/mol. The standard InChI is InChI=1S/C22H25F3N6O2/c1-13-29-19(26)18-20(30-13)31(12-28-18)17-7-5-14(6-8-17)11-33-21(32)27-10-15-3-2-4-16(9-15)22(23,24)25/h2-4,9,12,14,17H,5-8,10-11H2,1H3,(H,27,32)(H2,26,29,30). The summed E-state index contributed by atoms with van der Waals surface area (Å²) in [5.74, 6) is 1.19. The summed E-state index contributed by atoms with van der Waals surface area (Å²) in [4.78, 5) is 25.0. The summed E-state index contributed by atoms with van der Waals surface area (Å²) in [5.41, 5.74) is 6.89. The molecule has 0 saturated heterocycles. The number of carbonyl (C=O) groups is 1. The highest BCUT2D eigenvalue weighted by atomic mass is 19.4. The Morgan fingerprint density at radius 2 is 2.00 bits per heavy atom. The number of halogens is 3. The van der Waals surface area contributed by atoms with Crippen LogP contribution in [0.25, 0.3) is 11.2 Å². The lowest BCUT2D eigenvalue weighted by Crippen LogP contribution is -2.28. The average Bonchev–Trinajstić information content (AvgIpc) is 3.20. The Hall–Kier alpha value is -3.37. The molecule has 1 amide bonds. The van der Waals surface area contributed by atoms with Gasteiger partial charge in [-0.05, 0) is 56.2 Å². The largest absolute Gasteiger partial charge is 0.449 e. The fourth-order valence-corrected chi connectivity index (χ4v) is 4.18. The van der Waals surface area contributed by atoms with Crippen LogP contribution in [0.1, 0.15) is 48.7 Å². The Balaban J connectivity index is 1.24. The van der Waals surface area contributed by atoms with Crippen molar-refractivity contribution < 1.29 is 22.7 Å². The van der Waals surface area contributed by atoms with E-state index < -0.39 is 17.8 Å². The Bertz CT molecular complexity index is 1140. The van der Waals surface area contributed by atoms with Gasteiger partial charge in [0.1, 0.15) is 11.3 Å². The lowest BCUT2D eigenvalue weighted by atomic mass is 9.86. The molecule has 0 unspecified atom stereocenters. The van der Waals surface area contributed by atoms with Gasteiger partial charge >= 0.3 is 12.3 Å². The van der Waals surface area contributed by atoms with Crippen LogP contribution in [0.3, 0.4) is 0 Å². The number of nitrogens with two attached hydrogens (primary N) is 1. The minimum atomic E-state index is -4.42. The summed E-state index contributed by atoms with van der Waals surface area (Å²) >= 11 is 0. The number of anilines is 1. The van der Waals surface area contributed by atoms with Crippen LogP contribution in [0.5, 0.6) is 0 Å². The molecule has 8 nitrogen and oxygen atoms in total. The van der Waals surface area contributed by atoms with Crippen molar-refractivity contribution >= 4 is 23.1 Å². The highest BCUT2D eigenvalue weighted by Gasteiger charge is 2.30. The molecule has 1 fully saturated rings. The van der Waals surface area contributed by atoms with Gasteiger partial charge in [0.05, 0.1) is 18.5 Å². The Morgan fingerprint density at radius 1 is 1.24 bits per heavy atom. The first-order valence-electron chi connectivity index (χ1n) is 10.7. The van der Waals surface area contributed by atoms with E-state index >= 15 is 0 Å². The van der Waals surface area contributed by atoms with Gasteiger partial charge in [-0.25, -0.2) is 19.7 Å². The van der Waals surface area contributed by atoms with E-state index in [1.165, 1.54) is 12.1 Å². The summed E-state index contributed by atoms with van der Waals surface area (Å²) in [6.07, 6.45) is 0.185. The summed E-state index contributed by atoms with van der Waals surface area (Å²) in [6, 6.07) is 5.08. The SMILES string of the molecule is Cc1nc(N)c2ncn(C3CCC(COC(=O)NCc4cccc(C(F)(F)F)c4)CC3)c2n1. The number of nitrogens with zero attached hydrogens (tertiary/aromatic N) is 4. The molecule has 4 rings (SSSR count). The molecule has 2 aromatic heterocycles. The maximum Gasteiger partial charge on any atom is 0.416 e. The molecule has 1 aliphatic carbocycles. The number of carbonyl (C=O) groups excluding carboxylic acids is 1. The highest BCUT2D eigenvalue weighted by Crippen LogP contribution is 2.34. The van der Waals surface area contributed by atoms with E-state index in [0.29, 0.717) is 22.7 Å². The van der Waals surface area contributed by atoms with Crippen LogP contribution in [0.2, 0.25) is 0 Å². The van der Waals surface area contributed by atoms with Gasteiger partial charge in [0.25, 0.3) is 0 Å². The van der Waals surface area contributed by atoms with Crippen molar-refractivity contribution in [3.05, 3.63) is 47.5 Å². The zero-order valence-corrected chi connectivity index (χ0v) is 18.1. The lowest BCUT2D eigenvalue weighted by Gasteiger charge is -2.29. The predicted octanol–water partition coefficient (Wildman–Crippen LogP) is 4.39. The third kappa shape index (κ3) is 5.35. The van der Waals surface area contributed by atoms with Crippen LogP contribution >= 0.6 is 0 Å². The summed E-state index contributed by atoms with van der Waals surface area (Å²) < 4.78 is 45.7. The number of aryl methyl sites for hydroxylation is 1. The summed E-state index contributed by atoms with van der Waals surface area (Å²) in [6.45, 7) is 2.02. The quantitative estimate of drug-likeness (QED) is 0.582. The highest BCUT2D eigenvalue weighted by molar-refractivity contribution is 5.81. The van der Waals surface area contributed by atoms with Crippen LogP contribution in [0.15, 0.2) is 30.6 Å². The number of ether oxygens (including phenoxy) is 1. The molecule has 3 aromatic rings. The number of nitrogens with one attached hydrogen (secondary N) is 1. The van der Waals surface area contributed by atoms with E-state index in [0.717, 1.165) is 43.5 Å². The minimum absolute atomic E-state index is 0.0341. The molecule has 1 aromatic carbocycles. The van der Waals surface area contributed by atoms with E-state index in [2.05, 4.69) is 20.3 Å². The number of alkyl carbamates (subject to hydrolysis) is 1. The molecule has 11 heteroatoms. The van der Waals surface area contributed by atoms with Crippen molar-refractivity contribution in [1.29, 1.82) is 0 Å². The number of hydrogen-bond donors (Lipinski definition) is 2. The lowest BCUT2D eigenvalue weighted by molar-refractivity contribution is -0.137. The number of aromatic nitrogens is 4. The number of nitrogen functional groups attached to an aromatic ring is 1. The normalized spacial score (nSPS) is 18.9. The van der Waals surface area contributed by atoms with Crippen molar-refractivity contribution in [3.8, 4) is 0 Å². The second-order valence-electron chi connectivity index (χ2n) is 8.30. The molecule has 0 aliphatic heterocycles. The zero-order valence-electron chi connectivity index (χ0n) is 18.1. The number of alkyl halides is 3. The van der Waals surface area contributed by atoms with Crippen LogP contribution in [0.4, 0.5) is 23.8 Å². The monoisotopic (exact) mass is 462 g/mol. The van der Waals surface area contributed by atoms with Crippen molar-refractivity contribution in [2.24, 2.45) is 5.92 Å². The number of amides is 1. The molecule has 0 atom stereocenters. The van der Waals surface area contributed by atoms with Gasteiger partial charge < -0.3 is 20.4 Å². The summed E-state index contributed by atoms with van der Waals surface area (Å²) in [7, 11) is 0. The Labute approximate surface area is 188 Å². The second-order valence-corrected chi connectivity index (χ2v) is 8.30. The third-order valence-electron chi connectivity index (χ3n) is 5.91. The molecule has 0 bridgehead atoms. The molecule has 33 heavy (non-hydrogen) atoms. The van der Waals surface area contributed by atoms with Crippen molar-refractivity contribution in [3.63, 3.8) is 0 Å². The number of hydrogen-bond acceptors (Lipinski definition) is 6. The summed E-state index contributed by atoms with van der Waals surface area (Å²) in [5, 5.41) is 2.51. The van der Waals surface area contributed by atoms with Gasteiger partial charge in [0.2, 0.25) is 0 Å². The van der Waals surface area contributed by atoms with Crippen molar-refractivity contribution in [2.75, 3.05) is 12.3 Å². The van der Waals surface area contributed by atoms with Gasteiger partial charge in [0, 0.05) is 12.6 Å². The maximum atomic E-state index is 12.8. The van der Waals surface area contributed by atoms with Crippen LogP contribution in [-0.4, -0.2) is 32.2 Å². The topological polar surface area (TPSA) is 108 Å². The maximum absolute atomic E-state index is 12.8. The number of benzene rings is 1. The molecule has 0 spiro atoms. The van der Waals surface area contributed by atoms with Gasteiger partial charge in [-0.3, -0.25) is 0 Å². The van der Waals surface area contributed by atoms with E-state index in [-0.39, 0.29) is 25.1 Å². The fourth-order valence-electron chi connectivity index (χ4n) is 4.18. The van der Waals surface area contributed by atoms with Crippen LogP contribution in [0, 0.1) is 12.8 Å². The number of rotatable bonds is 5.